The first-order valence-corrected chi connectivity index (χ1v) is 7.74. The Bertz CT molecular complexity index is 428. The van der Waals surface area contributed by atoms with Gasteiger partial charge in [-0.2, -0.15) is 0 Å². The molecule has 2 heterocycles. The van der Waals surface area contributed by atoms with Crippen LogP contribution in [0.15, 0.2) is 18.3 Å². The van der Waals surface area contributed by atoms with E-state index in [-0.39, 0.29) is 6.04 Å². The molecule has 3 nitrogen and oxygen atoms in total. The third-order valence-electron chi connectivity index (χ3n) is 4.82. The Morgan fingerprint density at radius 1 is 1.26 bits per heavy atom. The van der Waals surface area contributed by atoms with Crippen molar-refractivity contribution in [2.45, 2.75) is 57.5 Å². The molecule has 2 fully saturated rings. The second kappa shape index (κ2) is 5.49. The van der Waals surface area contributed by atoms with Gasteiger partial charge in [0.05, 0.1) is 0 Å². The highest BCUT2D eigenvalue weighted by atomic mass is 15.2. The number of fused-ring (bicyclic) bond motifs is 1. The van der Waals surface area contributed by atoms with Crippen molar-refractivity contribution in [3.8, 4) is 0 Å². The predicted octanol–water partition coefficient (Wildman–Crippen LogP) is 3.26. The average molecular weight is 259 g/mol. The maximum Gasteiger partial charge on any atom is 0.133 e. The number of hydrogen-bond donors (Lipinski definition) is 1. The number of aromatic nitrogens is 1. The number of pyridine rings is 1. The zero-order valence-electron chi connectivity index (χ0n) is 11.9. The number of rotatable bonds is 2. The van der Waals surface area contributed by atoms with Gasteiger partial charge in [0.25, 0.3) is 0 Å². The molecule has 1 aliphatic carbocycles. The van der Waals surface area contributed by atoms with Gasteiger partial charge in [0.15, 0.2) is 0 Å². The van der Waals surface area contributed by atoms with Crippen LogP contribution >= 0.6 is 0 Å². The summed E-state index contributed by atoms with van der Waals surface area (Å²) >= 11 is 0. The van der Waals surface area contributed by atoms with Crippen LogP contribution < -0.4 is 10.6 Å². The van der Waals surface area contributed by atoms with E-state index in [0.717, 1.165) is 18.3 Å². The molecule has 1 saturated heterocycles. The first kappa shape index (κ1) is 12.9. The Kier molecular flexibility index (Phi) is 3.74. The van der Waals surface area contributed by atoms with Crippen LogP contribution in [0, 0.1) is 5.92 Å². The molecule has 0 radical (unpaired) electrons. The zero-order valence-corrected chi connectivity index (χ0v) is 11.9. The SMILES string of the molecule is C[C@@H](N)c1cccnc1N1CCCC2CCCCC21. The molecule has 0 aromatic carbocycles. The lowest BCUT2D eigenvalue weighted by molar-refractivity contribution is 0.242. The fourth-order valence-electron chi connectivity index (χ4n) is 3.89. The third kappa shape index (κ3) is 2.48. The van der Waals surface area contributed by atoms with E-state index in [4.69, 9.17) is 5.73 Å². The average Bonchev–Trinajstić information content (AvgIpc) is 2.46. The Balaban J connectivity index is 1.91. The van der Waals surface area contributed by atoms with Crippen molar-refractivity contribution in [2.24, 2.45) is 11.7 Å². The largest absolute Gasteiger partial charge is 0.353 e. The summed E-state index contributed by atoms with van der Waals surface area (Å²) in [6, 6.07) is 4.91. The van der Waals surface area contributed by atoms with Gasteiger partial charge < -0.3 is 10.6 Å². The molecule has 3 rings (SSSR count). The summed E-state index contributed by atoms with van der Waals surface area (Å²) in [6.07, 6.45) is 10.1. The van der Waals surface area contributed by atoms with Crippen LogP contribution in [0.25, 0.3) is 0 Å². The van der Waals surface area contributed by atoms with E-state index in [9.17, 15) is 0 Å². The van der Waals surface area contributed by atoms with Gasteiger partial charge in [-0.05, 0) is 44.6 Å². The smallest absolute Gasteiger partial charge is 0.133 e. The summed E-state index contributed by atoms with van der Waals surface area (Å²) in [5, 5.41) is 0. The van der Waals surface area contributed by atoms with E-state index in [2.05, 4.69) is 22.9 Å². The van der Waals surface area contributed by atoms with Gasteiger partial charge in [-0.3, -0.25) is 0 Å². The summed E-state index contributed by atoms with van der Waals surface area (Å²) in [7, 11) is 0. The van der Waals surface area contributed by atoms with Crippen LogP contribution in [0.1, 0.15) is 57.1 Å². The Labute approximate surface area is 116 Å². The lowest BCUT2D eigenvalue weighted by Crippen LogP contribution is -2.47. The van der Waals surface area contributed by atoms with Gasteiger partial charge in [0.2, 0.25) is 0 Å². The first-order chi connectivity index (χ1) is 9.27. The highest BCUT2D eigenvalue weighted by Crippen LogP contribution is 2.38. The number of nitrogens with zero attached hydrogens (tertiary/aromatic N) is 2. The van der Waals surface area contributed by atoms with Crippen LogP contribution in [-0.4, -0.2) is 17.6 Å². The van der Waals surface area contributed by atoms with Gasteiger partial charge >= 0.3 is 0 Å². The highest BCUT2D eigenvalue weighted by Gasteiger charge is 2.34. The maximum absolute atomic E-state index is 6.12. The minimum atomic E-state index is 0.0627. The van der Waals surface area contributed by atoms with E-state index in [1.165, 1.54) is 44.1 Å². The van der Waals surface area contributed by atoms with Gasteiger partial charge in [-0.25, -0.2) is 4.98 Å². The van der Waals surface area contributed by atoms with E-state index in [1.807, 2.05) is 12.3 Å². The fourth-order valence-corrected chi connectivity index (χ4v) is 3.89. The van der Waals surface area contributed by atoms with Gasteiger partial charge in [-0.1, -0.05) is 18.9 Å². The highest BCUT2D eigenvalue weighted by molar-refractivity contribution is 5.49. The molecule has 1 saturated carbocycles. The summed E-state index contributed by atoms with van der Waals surface area (Å²) in [5.74, 6) is 2.03. The normalized spacial score (nSPS) is 28.8. The van der Waals surface area contributed by atoms with Crippen LogP contribution in [0.5, 0.6) is 0 Å². The fraction of sp³-hybridized carbons (Fsp3) is 0.688. The molecule has 1 aliphatic heterocycles. The summed E-state index contributed by atoms with van der Waals surface area (Å²) in [5.41, 5.74) is 7.33. The van der Waals surface area contributed by atoms with Gasteiger partial charge in [-0.15, -0.1) is 0 Å². The monoisotopic (exact) mass is 259 g/mol. The van der Waals surface area contributed by atoms with Crippen LogP contribution in [0.4, 0.5) is 5.82 Å². The molecule has 104 valence electrons. The molecule has 2 N–H and O–H groups in total. The van der Waals surface area contributed by atoms with E-state index in [0.29, 0.717) is 6.04 Å². The molecule has 0 bridgehead atoms. The van der Waals surface area contributed by atoms with E-state index >= 15 is 0 Å². The molecule has 2 unspecified atom stereocenters. The summed E-state index contributed by atoms with van der Waals surface area (Å²) < 4.78 is 0. The lowest BCUT2D eigenvalue weighted by Gasteiger charge is -2.45. The van der Waals surface area contributed by atoms with Crippen molar-refractivity contribution in [1.29, 1.82) is 0 Å². The molecule has 3 atom stereocenters. The minimum Gasteiger partial charge on any atom is -0.353 e. The number of piperidine rings is 1. The third-order valence-corrected chi connectivity index (χ3v) is 4.82. The van der Waals surface area contributed by atoms with Crippen molar-refractivity contribution in [2.75, 3.05) is 11.4 Å². The van der Waals surface area contributed by atoms with Crippen molar-refractivity contribution >= 4 is 5.82 Å². The van der Waals surface area contributed by atoms with E-state index < -0.39 is 0 Å². The number of hydrogen-bond acceptors (Lipinski definition) is 3. The number of nitrogens with two attached hydrogens (primary N) is 1. The Morgan fingerprint density at radius 2 is 2.05 bits per heavy atom. The summed E-state index contributed by atoms with van der Waals surface area (Å²) in [4.78, 5) is 7.22. The molecule has 3 heteroatoms. The Morgan fingerprint density at radius 3 is 2.89 bits per heavy atom. The van der Waals surface area contributed by atoms with Crippen LogP contribution in [-0.2, 0) is 0 Å². The topological polar surface area (TPSA) is 42.1 Å². The minimum absolute atomic E-state index is 0.0627. The second-order valence-electron chi connectivity index (χ2n) is 6.15. The quantitative estimate of drug-likeness (QED) is 0.886. The van der Waals surface area contributed by atoms with Gasteiger partial charge in [0, 0.05) is 30.4 Å². The molecule has 2 aliphatic rings. The van der Waals surface area contributed by atoms with Gasteiger partial charge in [0.1, 0.15) is 5.82 Å². The zero-order chi connectivity index (χ0) is 13.2. The standard InChI is InChI=1S/C16H25N3/c1-12(17)14-8-4-10-18-16(14)19-11-5-7-13-6-2-3-9-15(13)19/h4,8,10,12-13,15H,2-3,5-7,9,11,17H2,1H3/t12-,13?,15?/m1/s1. The second-order valence-corrected chi connectivity index (χ2v) is 6.15. The predicted molar refractivity (Wildman–Crippen MR) is 79.2 cm³/mol. The molecular weight excluding hydrogens is 234 g/mol. The molecule has 1 aromatic heterocycles. The van der Waals surface area contributed by atoms with Crippen molar-refractivity contribution in [3.63, 3.8) is 0 Å². The lowest BCUT2D eigenvalue weighted by atomic mass is 9.78. The van der Waals surface area contributed by atoms with Crippen LogP contribution in [0.2, 0.25) is 0 Å². The molecule has 1 aromatic rings. The molecule has 19 heavy (non-hydrogen) atoms. The van der Waals surface area contributed by atoms with Crippen molar-refractivity contribution < 1.29 is 0 Å². The van der Waals surface area contributed by atoms with E-state index in [1.54, 1.807) is 0 Å². The molecule has 0 amide bonds. The van der Waals surface area contributed by atoms with Crippen LogP contribution in [0.3, 0.4) is 0 Å². The summed E-state index contributed by atoms with van der Waals surface area (Å²) in [6.45, 7) is 3.21. The maximum atomic E-state index is 6.12. The first-order valence-electron chi connectivity index (χ1n) is 7.74. The number of anilines is 1. The molecule has 0 spiro atoms. The molecular formula is C16H25N3. The van der Waals surface area contributed by atoms with Crippen molar-refractivity contribution in [3.05, 3.63) is 23.9 Å². The Hall–Kier alpha value is -1.09. The van der Waals surface area contributed by atoms with Crippen molar-refractivity contribution in [1.82, 2.24) is 4.98 Å².